The van der Waals surface area contributed by atoms with E-state index in [4.69, 9.17) is 0 Å². The Balaban J connectivity index is 2.97. The van der Waals surface area contributed by atoms with Crippen LogP contribution in [0.25, 0.3) is 0 Å². The lowest BCUT2D eigenvalue weighted by Gasteiger charge is -2.03. The summed E-state index contributed by atoms with van der Waals surface area (Å²) in [4.78, 5) is 0.295. The number of alkyl halides is 1. The molecule has 0 bridgehead atoms. The minimum absolute atomic E-state index is 0.277. The molecule has 0 amide bonds. The molecule has 0 saturated carbocycles. The molecule has 0 aliphatic heterocycles. The van der Waals surface area contributed by atoms with Crippen molar-refractivity contribution in [3.05, 3.63) is 29.8 Å². The second-order valence-corrected chi connectivity index (χ2v) is 5.30. The van der Waals surface area contributed by atoms with Crippen molar-refractivity contribution in [3.63, 3.8) is 0 Å². The lowest BCUT2D eigenvalue weighted by molar-refractivity contribution is 0.250. The standard InChI is InChI=1S/C9H11BrO3S/c1-13-7-14(11,12)9-4-2-8(6-10)3-5-9/h2-5H,6-7H2,1H3. The van der Waals surface area contributed by atoms with Gasteiger partial charge >= 0.3 is 0 Å². The van der Waals surface area contributed by atoms with Crippen LogP contribution >= 0.6 is 15.9 Å². The molecule has 0 radical (unpaired) electrons. The van der Waals surface area contributed by atoms with Crippen LogP contribution in [0.4, 0.5) is 0 Å². The van der Waals surface area contributed by atoms with E-state index in [2.05, 4.69) is 20.7 Å². The second-order valence-electron chi connectivity index (χ2n) is 2.80. The first-order chi connectivity index (χ1) is 6.60. The van der Waals surface area contributed by atoms with Crippen LogP contribution in [0.15, 0.2) is 29.2 Å². The SMILES string of the molecule is COCS(=O)(=O)c1ccc(CBr)cc1. The van der Waals surface area contributed by atoms with Gasteiger partial charge in [0.1, 0.15) is 0 Å². The van der Waals surface area contributed by atoms with Gasteiger partial charge in [0.2, 0.25) is 9.84 Å². The third kappa shape index (κ3) is 2.80. The molecule has 0 N–H and O–H groups in total. The summed E-state index contributed by atoms with van der Waals surface area (Å²) >= 11 is 3.29. The van der Waals surface area contributed by atoms with E-state index in [0.29, 0.717) is 4.90 Å². The van der Waals surface area contributed by atoms with E-state index in [-0.39, 0.29) is 5.94 Å². The first-order valence-electron chi connectivity index (χ1n) is 3.97. The highest BCUT2D eigenvalue weighted by Gasteiger charge is 2.12. The van der Waals surface area contributed by atoms with Gasteiger partial charge in [-0.15, -0.1) is 0 Å². The molecule has 1 rings (SSSR count). The van der Waals surface area contributed by atoms with Crippen LogP contribution < -0.4 is 0 Å². The molecule has 14 heavy (non-hydrogen) atoms. The smallest absolute Gasteiger partial charge is 0.202 e. The largest absolute Gasteiger partial charge is 0.368 e. The van der Waals surface area contributed by atoms with Crippen molar-refractivity contribution < 1.29 is 13.2 Å². The number of methoxy groups -OCH3 is 1. The number of benzene rings is 1. The van der Waals surface area contributed by atoms with Crippen LogP contribution in [-0.4, -0.2) is 21.5 Å². The fourth-order valence-electron chi connectivity index (χ4n) is 1.01. The normalized spacial score (nSPS) is 11.6. The van der Waals surface area contributed by atoms with Gasteiger partial charge in [0.25, 0.3) is 0 Å². The summed E-state index contributed by atoms with van der Waals surface area (Å²) in [7, 11) is -1.91. The third-order valence-electron chi connectivity index (χ3n) is 1.71. The van der Waals surface area contributed by atoms with Crippen molar-refractivity contribution in [1.82, 2.24) is 0 Å². The Kier molecular flexibility index (Phi) is 4.10. The quantitative estimate of drug-likeness (QED) is 0.791. The molecule has 0 atom stereocenters. The monoisotopic (exact) mass is 278 g/mol. The molecule has 0 unspecified atom stereocenters. The van der Waals surface area contributed by atoms with Gasteiger partial charge in [-0.2, -0.15) is 0 Å². The molecule has 3 nitrogen and oxygen atoms in total. The fraction of sp³-hybridized carbons (Fsp3) is 0.333. The van der Waals surface area contributed by atoms with E-state index in [1.54, 1.807) is 24.3 Å². The van der Waals surface area contributed by atoms with Crippen molar-refractivity contribution in [1.29, 1.82) is 0 Å². The number of sulfone groups is 1. The first-order valence-corrected chi connectivity index (χ1v) is 6.74. The van der Waals surface area contributed by atoms with Crippen molar-refractivity contribution in [3.8, 4) is 0 Å². The van der Waals surface area contributed by atoms with E-state index >= 15 is 0 Å². The maximum Gasteiger partial charge on any atom is 0.202 e. The van der Waals surface area contributed by atoms with Crippen LogP contribution in [0.5, 0.6) is 0 Å². The topological polar surface area (TPSA) is 43.4 Å². The average molecular weight is 279 g/mol. The molecule has 1 aromatic rings. The van der Waals surface area contributed by atoms with Crippen LogP contribution in [0.1, 0.15) is 5.56 Å². The fourth-order valence-corrected chi connectivity index (χ4v) is 2.38. The maximum atomic E-state index is 11.5. The van der Waals surface area contributed by atoms with E-state index in [0.717, 1.165) is 10.9 Å². The van der Waals surface area contributed by atoms with Crippen molar-refractivity contribution >= 4 is 25.8 Å². The molecular formula is C9H11BrO3S. The highest BCUT2D eigenvalue weighted by atomic mass is 79.9. The van der Waals surface area contributed by atoms with Gasteiger partial charge in [0.15, 0.2) is 5.94 Å². The summed E-state index contributed by atoms with van der Waals surface area (Å²) in [5.41, 5.74) is 1.04. The Morgan fingerprint density at radius 3 is 2.29 bits per heavy atom. The minimum Gasteiger partial charge on any atom is -0.368 e. The molecule has 0 aromatic heterocycles. The summed E-state index contributed by atoms with van der Waals surface area (Å²) < 4.78 is 27.6. The maximum absolute atomic E-state index is 11.5. The average Bonchev–Trinajstić information content (AvgIpc) is 2.18. The molecule has 0 heterocycles. The zero-order valence-corrected chi connectivity index (χ0v) is 10.1. The first kappa shape index (κ1) is 11.7. The lowest BCUT2D eigenvalue weighted by Crippen LogP contribution is -2.07. The minimum atomic E-state index is -3.27. The highest BCUT2D eigenvalue weighted by molar-refractivity contribution is 9.08. The Morgan fingerprint density at radius 1 is 1.29 bits per heavy atom. The van der Waals surface area contributed by atoms with Gasteiger partial charge in [-0.25, -0.2) is 8.42 Å². The third-order valence-corrected chi connectivity index (χ3v) is 3.89. The van der Waals surface area contributed by atoms with Crippen LogP contribution in [0.2, 0.25) is 0 Å². The van der Waals surface area contributed by atoms with Crippen LogP contribution in [-0.2, 0) is 19.9 Å². The number of rotatable bonds is 4. The molecule has 0 saturated heterocycles. The van der Waals surface area contributed by atoms with E-state index in [1.165, 1.54) is 7.11 Å². The second kappa shape index (κ2) is 4.91. The van der Waals surface area contributed by atoms with Gasteiger partial charge in [-0.05, 0) is 17.7 Å². The summed E-state index contributed by atoms with van der Waals surface area (Å²) in [6.07, 6.45) is 0. The lowest BCUT2D eigenvalue weighted by atomic mass is 10.2. The molecular weight excluding hydrogens is 268 g/mol. The zero-order valence-electron chi connectivity index (χ0n) is 7.73. The molecule has 0 fully saturated rings. The van der Waals surface area contributed by atoms with Crippen molar-refractivity contribution in [2.45, 2.75) is 10.2 Å². The molecule has 0 aliphatic rings. The van der Waals surface area contributed by atoms with E-state index in [9.17, 15) is 8.42 Å². The number of hydrogen-bond acceptors (Lipinski definition) is 3. The zero-order chi connectivity index (χ0) is 10.6. The Bertz CT molecular complexity index is 383. The summed E-state index contributed by atoms with van der Waals surface area (Å²) in [5.74, 6) is -0.277. The van der Waals surface area contributed by atoms with Crippen molar-refractivity contribution in [2.75, 3.05) is 13.0 Å². The molecule has 0 aliphatic carbocycles. The number of ether oxygens (including phenoxy) is 1. The predicted octanol–water partition coefficient (Wildman–Crippen LogP) is 1.96. The number of halogens is 1. The summed E-state index contributed by atoms with van der Waals surface area (Å²) in [5, 5.41) is 0.720. The van der Waals surface area contributed by atoms with Crippen LogP contribution in [0.3, 0.4) is 0 Å². The van der Waals surface area contributed by atoms with Gasteiger partial charge in [0, 0.05) is 12.4 Å². The Hall–Kier alpha value is -0.390. The highest BCUT2D eigenvalue weighted by Crippen LogP contribution is 2.13. The van der Waals surface area contributed by atoms with E-state index < -0.39 is 9.84 Å². The Labute approximate surface area is 92.1 Å². The predicted molar refractivity (Wildman–Crippen MR) is 58.1 cm³/mol. The molecule has 5 heteroatoms. The number of hydrogen-bond donors (Lipinski definition) is 0. The van der Waals surface area contributed by atoms with Gasteiger partial charge in [0.05, 0.1) is 4.90 Å². The van der Waals surface area contributed by atoms with Crippen LogP contribution in [0, 0.1) is 0 Å². The molecule has 0 spiro atoms. The van der Waals surface area contributed by atoms with Crippen molar-refractivity contribution in [2.24, 2.45) is 0 Å². The van der Waals surface area contributed by atoms with Gasteiger partial charge < -0.3 is 4.74 Å². The van der Waals surface area contributed by atoms with Gasteiger partial charge in [-0.1, -0.05) is 28.1 Å². The molecule has 1 aromatic carbocycles. The summed E-state index contributed by atoms with van der Waals surface area (Å²) in [6, 6.07) is 6.73. The Morgan fingerprint density at radius 2 is 1.86 bits per heavy atom. The van der Waals surface area contributed by atoms with Gasteiger partial charge in [-0.3, -0.25) is 0 Å². The summed E-state index contributed by atoms with van der Waals surface area (Å²) in [6.45, 7) is 0. The molecule has 78 valence electrons. The van der Waals surface area contributed by atoms with E-state index in [1.807, 2.05) is 0 Å².